The summed E-state index contributed by atoms with van der Waals surface area (Å²) in [4.78, 5) is 19.1. The first kappa shape index (κ1) is 17.7. The minimum absolute atomic E-state index is 0.218. The molecule has 136 valence electrons. The molecule has 26 heavy (non-hydrogen) atoms. The van der Waals surface area contributed by atoms with Crippen LogP contribution in [0.1, 0.15) is 25.3 Å². The summed E-state index contributed by atoms with van der Waals surface area (Å²) < 4.78 is 7.57. The summed E-state index contributed by atoms with van der Waals surface area (Å²) >= 11 is 0. The van der Waals surface area contributed by atoms with E-state index in [-0.39, 0.29) is 6.04 Å². The third-order valence-corrected chi connectivity index (χ3v) is 4.40. The van der Waals surface area contributed by atoms with Crippen molar-refractivity contribution in [2.45, 2.75) is 31.3 Å². The zero-order valence-corrected chi connectivity index (χ0v) is 13.9. The highest BCUT2D eigenvalue weighted by atomic mass is 16.4. The van der Waals surface area contributed by atoms with Crippen LogP contribution in [0.25, 0.3) is 21.9 Å². The van der Waals surface area contributed by atoms with E-state index in [0.29, 0.717) is 18.2 Å². The Labute approximate surface area is 148 Å². The number of carboxylic acid groups (broad SMARTS) is 2. The Morgan fingerprint density at radius 3 is 2.54 bits per heavy atom. The highest BCUT2D eigenvalue weighted by Crippen LogP contribution is 2.34. The maximum atomic E-state index is 9.55. The van der Waals surface area contributed by atoms with Gasteiger partial charge in [-0.15, -0.1) is 0 Å². The van der Waals surface area contributed by atoms with Crippen molar-refractivity contribution < 1.29 is 24.2 Å². The molecule has 8 nitrogen and oxygen atoms in total. The van der Waals surface area contributed by atoms with Crippen molar-refractivity contribution in [2.75, 3.05) is 0 Å². The molecule has 1 fully saturated rings. The van der Waals surface area contributed by atoms with Crippen molar-refractivity contribution in [1.29, 1.82) is 0 Å². The van der Waals surface area contributed by atoms with E-state index in [9.17, 15) is 9.59 Å². The zero-order chi connectivity index (χ0) is 18.7. The highest BCUT2D eigenvalue weighted by Gasteiger charge is 2.27. The number of benzene rings is 1. The second kappa shape index (κ2) is 7.40. The molecule has 1 aromatic carbocycles. The number of carbonyl (C=O) groups is 2. The third-order valence-electron chi connectivity index (χ3n) is 4.40. The third kappa shape index (κ3) is 3.60. The molecule has 2 atom stereocenters. The summed E-state index contributed by atoms with van der Waals surface area (Å²) in [6.45, 7) is 0. The Morgan fingerprint density at radius 1 is 1.19 bits per heavy atom. The predicted octanol–water partition coefficient (Wildman–Crippen LogP) is 2.55. The van der Waals surface area contributed by atoms with Crippen LogP contribution in [0, 0.1) is 0 Å². The molecular formula is C18H19N3O5. The molecule has 1 aliphatic rings. The van der Waals surface area contributed by atoms with Crippen molar-refractivity contribution >= 4 is 33.8 Å². The summed E-state index contributed by atoms with van der Waals surface area (Å²) in [5, 5.41) is 22.5. The molecule has 0 saturated heterocycles. The molecule has 1 saturated carbocycles. The van der Waals surface area contributed by atoms with Gasteiger partial charge in [0, 0.05) is 29.0 Å². The maximum Gasteiger partial charge on any atom is 0.328 e. The van der Waals surface area contributed by atoms with Gasteiger partial charge in [0.05, 0.1) is 24.0 Å². The van der Waals surface area contributed by atoms with Crippen LogP contribution >= 0.6 is 0 Å². The second-order valence-electron chi connectivity index (χ2n) is 6.10. The van der Waals surface area contributed by atoms with Gasteiger partial charge in [0.15, 0.2) is 0 Å². The van der Waals surface area contributed by atoms with E-state index in [0.717, 1.165) is 34.7 Å². The minimum Gasteiger partial charge on any atom is -0.478 e. The largest absolute Gasteiger partial charge is 0.478 e. The summed E-state index contributed by atoms with van der Waals surface area (Å²) in [6, 6.07) is 6.61. The highest BCUT2D eigenvalue weighted by molar-refractivity contribution is 6.03. The number of furan rings is 1. The molecule has 0 spiro atoms. The normalized spacial score (nSPS) is 19.7. The maximum absolute atomic E-state index is 9.55. The molecule has 3 aromatic rings. The number of nitrogens with two attached hydrogens (primary N) is 1. The van der Waals surface area contributed by atoms with E-state index in [4.69, 9.17) is 20.4 Å². The van der Waals surface area contributed by atoms with Crippen molar-refractivity contribution in [3.63, 3.8) is 0 Å². The molecule has 2 heterocycles. The molecule has 4 rings (SSSR count). The average molecular weight is 357 g/mol. The molecule has 0 radical (unpaired) electrons. The molecule has 0 aliphatic heterocycles. The van der Waals surface area contributed by atoms with Crippen LogP contribution in [0.3, 0.4) is 0 Å². The first-order valence-corrected chi connectivity index (χ1v) is 8.20. The molecule has 8 heteroatoms. The number of carboxylic acids is 2. The van der Waals surface area contributed by atoms with Gasteiger partial charge in [0.2, 0.25) is 0 Å². The van der Waals surface area contributed by atoms with Crippen molar-refractivity contribution in [3.8, 4) is 0 Å². The number of fused-ring (bicyclic) bond motifs is 3. The van der Waals surface area contributed by atoms with Gasteiger partial charge in [-0.05, 0) is 37.5 Å². The van der Waals surface area contributed by atoms with Crippen LogP contribution in [0.5, 0.6) is 0 Å². The van der Waals surface area contributed by atoms with Gasteiger partial charge in [-0.2, -0.15) is 5.10 Å². The average Bonchev–Trinajstić information content (AvgIpc) is 3.30. The van der Waals surface area contributed by atoms with Gasteiger partial charge in [-0.25, -0.2) is 9.59 Å². The van der Waals surface area contributed by atoms with Crippen LogP contribution in [0.2, 0.25) is 0 Å². The number of hydrogen-bond donors (Lipinski definition) is 3. The first-order valence-electron chi connectivity index (χ1n) is 8.20. The SMILES string of the molecule is NC1CCCC1n1ncc2ccc3occc3c21.O=C(O)/C=C/C(=O)O. The number of nitrogens with zero attached hydrogens (tertiary/aromatic N) is 2. The number of aromatic nitrogens is 2. The molecule has 0 bridgehead atoms. The molecular weight excluding hydrogens is 338 g/mol. The number of aliphatic carboxylic acids is 2. The van der Waals surface area contributed by atoms with Gasteiger partial charge >= 0.3 is 11.9 Å². The fourth-order valence-electron chi connectivity index (χ4n) is 3.25. The lowest BCUT2D eigenvalue weighted by Crippen LogP contribution is -2.27. The lowest BCUT2D eigenvalue weighted by molar-refractivity contribution is -0.134. The van der Waals surface area contributed by atoms with Gasteiger partial charge in [-0.1, -0.05) is 0 Å². The lowest BCUT2D eigenvalue weighted by Gasteiger charge is -2.17. The van der Waals surface area contributed by atoms with Crippen LogP contribution in [0.4, 0.5) is 0 Å². The zero-order valence-electron chi connectivity index (χ0n) is 13.9. The standard InChI is InChI=1S/C14H15N3O.C4H4O4/c15-11-2-1-3-12(11)17-14-9(8-16-17)4-5-13-10(14)6-7-18-13;5-3(6)1-2-4(7)8/h4-8,11-12H,1-3,15H2;1-2H,(H,5,6)(H,7,8)/b;2-1+. The Morgan fingerprint density at radius 2 is 1.92 bits per heavy atom. The van der Waals surface area contributed by atoms with E-state index < -0.39 is 11.9 Å². The monoisotopic (exact) mass is 357 g/mol. The second-order valence-corrected chi connectivity index (χ2v) is 6.10. The molecule has 2 unspecified atom stereocenters. The van der Waals surface area contributed by atoms with E-state index in [2.05, 4.69) is 15.8 Å². The summed E-state index contributed by atoms with van der Waals surface area (Å²) in [6.07, 6.45) is 8.17. The summed E-state index contributed by atoms with van der Waals surface area (Å²) in [5.41, 5.74) is 8.27. The van der Waals surface area contributed by atoms with Crippen LogP contribution < -0.4 is 5.73 Å². The Bertz CT molecular complexity index is 956. The molecule has 0 amide bonds. The van der Waals surface area contributed by atoms with E-state index in [1.165, 1.54) is 6.42 Å². The van der Waals surface area contributed by atoms with Crippen molar-refractivity contribution in [2.24, 2.45) is 5.73 Å². The van der Waals surface area contributed by atoms with Crippen molar-refractivity contribution in [3.05, 3.63) is 42.8 Å². The van der Waals surface area contributed by atoms with Crippen molar-refractivity contribution in [1.82, 2.24) is 9.78 Å². The predicted molar refractivity (Wildman–Crippen MR) is 94.8 cm³/mol. The fraction of sp³-hybridized carbons (Fsp3) is 0.278. The summed E-state index contributed by atoms with van der Waals surface area (Å²) in [5.74, 6) is -2.51. The van der Waals surface area contributed by atoms with E-state index in [1.54, 1.807) is 6.26 Å². The van der Waals surface area contributed by atoms with Crippen LogP contribution in [-0.2, 0) is 9.59 Å². The van der Waals surface area contributed by atoms with E-state index >= 15 is 0 Å². The minimum atomic E-state index is -1.26. The molecule has 2 aromatic heterocycles. The quantitative estimate of drug-likeness (QED) is 0.614. The van der Waals surface area contributed by atoms with Gasteiger partial charge < -0.3 is 20.4 Å². The number of hydrogen-bond acceptors (Lipinski definition) is 5. The topological polar surface area (TPSA) is 132 Å². The summed E-state index contributed by atoms with van der Waals surface area (Å²) in [7, 11) is 0. The number of rotatable bonds is 3. The Balaban J connectivity index is 0.000000211. The lowest BCUT2D eigenvalue weighted by atomic mass is 10.1. The fourth-order valence-corrected chi connectivity index (χ4v) is 3.25. The van der Waals surface area contributed by atoms with Crippen LogP contribution in [0.15, 0.2) is 47.2 Å². The smallest absolute Gasteiger partial charge is 0.328 e. The Kier molecular flexibility index (Phi) is 5.04. The first-order chi connectivity index (χ1) is 12.5. The van der Waals surface area contributed by atoms with Crippen LogP contribution in [-0.4, -0.2) is 38.0 Å². The van der Waals surface area contributed by atoms with E-state index in [1.807, 2.05) is 18.3 Å². The van der Waals surface area contributed by atoms with Gasteiger partial charge in [-0.3, -0.25) is 4.68 Å². The Hall–Kier alpha value is -3.13. The van der Waals surface area contributed by atoms with Gasteiger partial charge in [0.25, 0.3) is 0 Å². The molecule has 4 N–H and O–H groups in total. The molecule has 1 aliphatic carbocycles. The van der Waals surface area contributed by atoms with Gasteiger partial charge in [0.1, 0.15) is 5.58 Å².